The first-order valence-electron chi connectivity index (χ1n) is 5.50. The molecule has 0 fully saturated rings. The summed E-state index contributed by atoms with van der Waals surface area (Å²) in [6.07, 6.45) is 3.17. The molecule has 0 amide bonds. The molecule has 0 spiro atoms. The number of para-hydroxylation sites is 1. The Morgan fingerprint density at radius 1 is 1.47 bits per heavy atom. The Hall–Kier alpha value is -1.97. The summed E-state index contributed by atoms with van der Waals surface area (Å²) in [5.41, 5.74) is 1.12. The minimum absolute atomic E-state index is 0.344. The van der Waals surface area contributed by atoms with Crippen LogP contribution in [0.15, 0.2) is 36.5 Å². The molecule has 0 bridgehead atoms. The van der Waals surface area contributed by atoms with Gasteiger partial charge >= 0.3 is 5.97 Å². The largest absolute Gasteiger partial charge is 0.491 e. The molecule has 1 aromatic carbocycles. The van der Waals surface area contributed by atoms with E-state index in [-0.39, 0.29) is 5.97 Å². The van der Waals surface area contributed by atoms with Crippen molar-refractivity contribution >= 4 is 5.97 Å². The number of benzene rings is 1. The first-order valence-corrected chi connectivity index (χ1v) is 5.50. The van der Waals surface area contributed by atoms with E-state index >= 15 is 0 Å². The summed E-state index contributed by atoms with van der Waals surface area (Å²) in [6, 6.07) is 7.93. The highest BCUT2D eigenvalue weighted by Crippen LogP contribution is 2.22. The van der Waals surface area contributed by atoms with Crippen molar-refractivity contribution in [2.24, 2.45) is 0 Å². The van der Waals surface area contributed by atoms with Crippen LogP contribution in [0, 0.1) is 0 Å². The number of nitrogens with zero attached hydrogens (tertiary/aromatic N) is 1. The summed E-state index contributed by atoms with van der Waals surface area (Å²) in [7, 11) is 1.37. The van der Waals surface area contributed by atoms with E-state index in [0.717, 1.165) is 24.4 Å². The van der Waals surface area contributed by atoms with Crippen molar-refractivity contribution in [3.8, 4) is 5.75 Å². The van der Waals surface area contributed by atoms with Crippen LogP contribution in [0.3, 0.4) is 0 Å². The lowest BCUT2D eigenvalue weighted by molar-refractivity contribution is -0.134. The molecule has 0 radical (unpaired) electrons. The molecule has 0 aromatic heterocycles. The zero-order chi connectivity index (χ0) is 12.1. The summed E-state index contributed by atoms with van der Waals surface area (Å²) >= 11 is 0. The van der Waals surface area contributed by atoms with Crippen LogP contribution in [0.25, 0.3) is 0 Å². The molecule has 0 atom stereocenters. The molecule has 1 aliphatic heterocycles. The number of methoxy groups -OCH3 is 1. The van der Waals surface area contributed by atoms with Crippen LogP contribution in [-0.4, -0.2) is 31.1 Å². The van der Waals surface area contributed by atoms with Crippen LogP contribution in [0.1, 0.15) is 5.56 Å². The monoisotopic (exact) mass is 233 g/mol. The SMILES string of the molecule is COC(=O)C=CN1CCOc2ccccc2C1. The number of esters is 1. The first-order chi connectivity index (χ1) is 8.29. The van der Waals surface area contributed by atoms with Gasteiger partial charge in [-0.2, -0.15) is 0 Å². The summed E-state index contributed by atoms with van der Waals surface area (Å²) in [6.45, 7) is 2.11. The molecule has 4 heteroatoms. The number of hydrogen-bond donors (Lipinski definition) is 0. The van der Waals surface area contributed by atoms with Gasteiger partial charge in [-0.25, -0.2) is 4.79 Å². The van der Waals surface area contributed by atoms with Crippen LogP contribution in [-0.2, 0) is 16.1 Å². The van der Waals surface area contributed by atoms with Gasteiger partial charge in [-0.3, -0.25) is 0 Å². The topological polar surface area (TPSA) is 38.8 Å². The number of fused-ring (bicyclic) bond motifs is 1. The van der Waals surface area contributed by atoms with E-state index in [1.165, 1.54) is 13.2 Å². The van der Waals surface area contributed by atoms with Crippen molar-refractivity contribution in [3.63, 3.8) is 0 Å². The van der Waals surface area contributed by atoms with E-state index in [1.807, 2.05) is 29.2 Å². The van der Waals surface area contributed by atoms with Gasteiger partial charge in [-0.1, -0.05) is 18.2 Å². The maximum absolute atomic E-state index is 11.0. The molecule has 0 saturated heterocycles. The van der Waals surface area contributed by atoms with Crippen molar-refractivity contribution in [3.05, 3.63) is 42.1 Å². The van der Waals surface area contributed by atoms with Crippen LogP contribution in [0.5, 0.6) is 5.75 Å². The highest BCUT2D eigenvalue weighted by Gasteiger charge is 2.11. The average Bonchev–Trinajstić information content (AvgIpc) is 2.57. The fourth-order valence-electron chi connectivity index (χ4n) is 1.71. The molecule has 0 saturated carbocycles. The maximum Gasteiger partial charge on any atom is 0.331 e. The molecule has 1 heterocycles. The molecule has 4 nitrogen and oxygen atoms in total. The molecule has 1 aliphatic rings. The molecule has 0 unspecified atom stereocenters. The first kappa shape index (κ1) is 11.5. The zero-order valence-electron chi connectivity index (χ0n) is 9.76. The molecule has 1 aromatic rings. The number of carbonyl (C=O) groups excluding carboxylic acids is 1. The van der Waals surface area contributed by atoms with Crippen molar-refractivity contribution in [1.82, 2.24) is 4.90 Å². The van der Waals surface area contributed by atoms with Gasteiger partial charge in [0.1, 0.15) is 12.4 Å². The van der Waals surface area contributed by atoms with E-state index in [0.29, 0.717) is 6.61 Å². The van der Waals surface area contributed by atoms with Crippen LogP contribution < -0.4 is 4.74 Å². The molecule has 2 rings (SSSR count). The molecular formula is C13H15NO3. The highest BCUT2D eigenvalue weighted by molar-refractivity contribution is 5.81. The van der Waals surface area contributed by atoms with Crippen molar-refractivity contribution in [2.45, 2.75) is 6.54 Å². The van der Waals surface area contributed by atoms with Gasteiger partial charge in [0.15, 0.2) is 0 Å². The molecule has 0 N–H and O–H groups in total. The predicted octanol–water partition coefficient (Wildman–Crippen LogP) is 1.57. The third-order valence-electron chi connectivity index (χ3n) is 2.60. The Morgan fingerprint density at radius 2 is 2.29 bits per heavy atom. The third kappa shape index (κ3) is 3.00. The van der Waals surface area contributed by atoms with Gasteiger partial charge in [-0.15, -0.1) is 0 Å². The van der Waals surface area contributed by atoms with Gasteiger partial charge in [0.2, 0.25) is 0 Å². The summed E-state index contributed by atoms with van der Waals surface area (Å²) in [5, 5.41) is 0. The van der Waals surface area contributed by atoms with E-state index < -0.39 is 0 Å². The van der Waals surface area contributed by atoms with Crippen LogP contribution in [0.4, 0.5) is 0 Å². The fraction of sp³-hybridized carbons (Fsp3) is 0.308. The maximum atomic E-state index is 11.0. The van der Waals surface area contributed by atoms with Gasteiger partial charge in [0, 0.05) is 24.4 Å². The zero-order valence-corrected chi connectivity index (χ0v) is 9.76. The highest BCUT2D eigenvalue weighted by atomic mass is 16.5. The lowest BCUT2D eigenvalue weighted by Crippen LogP contribution is -2.20. The number of carbonyl (C=O) groups is 1. The van der Waals surface area contributed by atoms with Crippen molar-refractivity contribution in [2.75, 3.05) is 20.3 Å². The lowest BCUT2D eigenvalue weighted by atomic mass is 10.2. The number of ether oxygens (including phenoxy) is 2. The molecule has 90 valence electrons. The average molecular weight is 233 g/mol. The van der Waals surface area contributed by atoms with E-state index in [1.54, 1.807) is 6.20 Å². The molecule has 17 heavy (non-hydrogen) atoms. The third-order valence-corrected chi connectivity index (χ3v) is 2.60. The van der Waals surface area contributed by atoms with E-state index in [4.69, 9.17) is 4.74 Å². The van der Waals surface area contributed by atoms with Gasteiger partial charge in [0.05, 0.1) is 13.7 Å². The van der Waals surface area contributed by atoms with E-state index in [9.17, 15) is 4.79 Å². The predicted molar refractivity (Wildman–Crippen MR) is 63.5 cm³/mol. The summed E-state index contributed by atoms with van der Waals surface area (Å²) in [4.78, 5) is 13.0. The minimum atomic E-state index is -0.344. The van der Waals surface area contributed by atoms with Gasteiger partial charge < -0.3 is 14.4 Å². The second-order valence-corrected chi connectivity index (χ2v) is 3.77. The normalized spacial score (nSPS) is 15.0. The van der Waals surface area contributed by atoms with Crippen LogP contribution >= 0.6 is 0 Å². The number of rotatable bonds is 2. The summed E-state index contributed by atoms with van der Waals surface area (Å²) < 4.78 is 10.2. The van der Waals surface area contributed by atoms with Crippen molar-refractivity contribution < 1.29 is 14.3 Å². The Kier molecular flexibility index (Phi) is 3.65. The van der Waals surface area contributed by atoms with Crippen molar-refractivity contribution in [1.29, 1.82) is 0 Å². The molecule has 0 aliphatic carbocycles. The van der Waals surface area contributed by atoms with Gasteiger partial charge in [-0.05, 0) is 6.07 Å². The van der Waals surface area contributed by atoms with Gasteiger partial charge in [0.25, 0.3) is 0 Å². The molecular weight excluding hydrogens is 218 g/mol. The standard InChI is InChI=1S/C13H15NO3/c1-16-13(15)6-7-14-8-9-17-12-5-3-2-4-11(12)10-14/h2-7H,8-10H2,1H3. The summed E-state index contributed by atoms with van der Waals surface area (Å²) in [5.74, 6) is 0.574. The quantitative estimate of drug-likeness (QED) is 0.574. The Morgan fingerprint density at radius 3 is 3.12 bits per heavy atom. The second-order valence-electron chi connectivity index (χ2n) is 3.77. The second kappa shape index (κ2) is 5.39. The fourth-order valence-corrected chi connectivity index (χ4v) is 1.71. The number of hydrogen-bond acceptors (Lipinski definition) is 4. The Bertz CT molecular complexity index is 428. The minimum Gasteiger partial charge on any atom is -0.491 e. The van der Waals surface area contributed by atoms with E-state index in [2.05, 4.69) is 4.74 Å². The Labute approximate surface area is 100 Å². The smallest absolute Gasteiger partial charge is 0.331 e. The van der Waals surface area contributed by atoms with Crippen LogP contribution in [0.2, 0.25) is 0 Å². The lowest BCUT2D eigenvalue weighted by Gasteiger charge is -2.16. The Balaban J connectivity index is 2.08.